The topological polar surface area (TPSA) is 17.2 Å². The Morgan fingerprint density at radius 2 is 1.90 bits per heavy atom. The van der Waals surface area contributed by atoms with Crippen LogP contribution in [0.3, 0.4) is 0 Å². The van der Waals surface area contributed by atoms with Crippen molar-refractivity contribution >= 4 is 30.5 Å². The molecule has 146 valence electrons. The van der Waals surface area contributed by atoms with Gasteiger partial charge in [-0.1, -0.05) is 6.07 Å². The molecule has 0 unspecified atom stereocenters. The Morgan fingerprint density at radius 1 is 1.10 bits per heavy atom. The molecule has 1 aromatic carbocycles. The van der Waals surface area contributed by atoms with Gasteiger partial charge in [-0.3, -0.25) is 0 Å². The number of benzene rings is 1. The normalized spacial score (nSPS) is 14.8. The summed E-state index contributed by atoms with van der Waals surface area (Å²) in [4.78, 5) is 1.14. The maximum atomic E-state index is 14.0. The van der Waals surface area contributed by atoms with E-state index in [9.17, 15) is 8.63 Å². The third kappa shape index (κ3) is 3.83. The Hall–Kier alpha value is -2.93. The van der Waals surface area contributed by atoms with Gasteiger partial charge in [0.1, 0.15) is 5.75 Å². The molecule has 2 aromatic heterocycles. The largest absolute Gasteiger partial charge is 0.935 e. The number of rotatable bonds is 6. The number of thiophene rings is 1. The molecule has 1 aliphatic rings. The number of hydrogen-bond acceptors (Lipinski definition) is 2. The van der Waals surface area contributed by atoms with Crippen molar-refractivity contribution in [3.63, 3.8) is 0 Å². The summed E-state index contributed by atoms with van der Waals surface area (Å²) in [6.45, 7) is 2.47. The van der Waals surface area contributed by atoms with Crippen LogP contribution in [0.4, 0.5) is 8.63 Å². The molecule has 4 rings (SSSR count). The highest BCUT2D eigenvalue weighted by molar-refractivity contribution is 7.13. The van der Waals surface area contributed by atoms with Crippen LogP contribution in [0.1, 0.15) is 18.2 Å². The maximum absolute atomic E-state index is 14.0. The van der Waals surface area contributed by atoms with Gasteiger partial charge in [0.15, 0.2) is 11.4 Å². The Balaban J connectivity index is 1.71. The first kappa shape index (κ1) is 19.4. The van der Waals surface area contributed by atoms with Crippen molar-refractivity contribution in [2.24, 2.45) is 7.05 Å². The predicted octanol–water partition coefficient (Wildman–Crippen LogP) is 5.49. The molecule has 3 heterocycles. The van der Waals surface area contributed by atoms with Crippen LogP contribution in [-0.2, 0) is 7.05 Å². The van der Waals surface area contributed by atoms with E-state index in [0.717, 1.165) is 32.1 Å². The third-order valence-corrected chi connectivity index (χ3v) is 5.73. The van der Waals surface area contributed by atoms with E-state index in [-0.39, 0.29) is 0 Å². The van der Waals surface area contributed by atoms with E-state index < -0.39 is 7.40 Å². The summed E-state index contributed by atoms with van der Waals surface area (Å²) in [5.74, 6) is 0.725. The van der Waals surface area contributed by atoms with E-state index >= 15 is 0 Å². The maximum Gasteiger partial charge on any atom is 0.935 e. The van der Waals surface area contributed by atoms with Gasteiger partial charge in [0, 0.05) is 36.5 Å². The summed E-state index contributed by atoms with van der Waals surface area (Å²) in [5, 5.41) is 2.02. The molecule has 3 nitrogen and oxygen atoms in total. The highest BCUT2D eigenvalue weighted by atomic mass is 32.1. The lowest BCUT2D eigenvalue weighted by molar-refractivity contribution is -0.339. The smallest absolute Gasteiger partial charge is 0.494 e. The van der Waals surface area contributed by atoms with E-state index in [4.69, 9.17) is 4.74 Å². The minimum atomic E-state index is -2.64. The Labute approximate surface area is 173 Å². The van der Waals surface area contributed by atoms with Crippen LogP contribution in [0.5, 0.6) is 5.75 Å². The Bertz CT molecular complexity index is 1100. The zero-order valence-electron chi connectivity index (χ0n) is 16.2. The van der Waals surface area contributed by atoms with Crippen molar-refractivity contribution in [1.82, 2.24) is 4.57 Å². The van der Waals surface area contributed by atoms with Crippen LogP contribution in [0, 0.1) is 0 Å². The first-order valence-corrected chi connectivity index (χ1v) is 10.2. The number of halogens is 2. The molecular formula is C22H20BF2N2OS+. The van der Waals surface area contributed by atoms with E-state index in [1.807, 2.05) is 42.1 Å². The second-order valence-corrected chi connectivity index (χ2v) is 7.52. The van der Waals surface area contributed by atoms with Crippen molar-refractivity contribution in [3.8, 4) is 16.3 Å². The van der Waals surface area contributed by atoms with Crippen molar-refractivity contribution in [2.45, 2.75) is 6.92 Å². The van der Waals surface area contributed by atoms with Crippen molar-refractivity contribution < 1.29 is 17.9 Å². The Morgan fingerprint density at radius 3 is 2.55 bits per heavy atom. The number of ether oxygens (including phenoxy) is 1. The Kier molecular flexibility index (Phi) is 5.49. The molecule has 0 spiro atoms. The second kappa shape index (κ2) is 8.21. The number of aromatic nitrogens is 1. The van der Waals surface area contributed by atoms with Crippen molar-refractivity contribution in [2.75, 3.05) is 6.61 Å². The summed E-state index contributed by atoms with van der Waals surface area (Å²) >= 11 is 1.65. The summed E-state index contributed by atoms with van der Waals surface area (Å²) < 4.78 is 36.4. The first-order valence-electron chi connectivity index (χ1n) is 9.35. The van der Waals surface area contributed by atoms with E-state index in [1.54, 1.807) is 53.8 Å². The van der Waals surface area contributed by atoms with Gasteiger partial charge in [0.25, 0.3) is 0 Å². The van der Waals surface area contributed by atoms with Gasteiger partial charge in [-0.05, 0) is 54.8 Å². The summed E-state index contributed by atoms with van der Waals surface area (Å²) in [6, 6.07) is 15.2. The van der Waals surface area contributed by atoms with Gasteiger partial charge in [-0.2, -0.15) is 0 Å². The molecule has 3 aromatic rings. The minimum Gasteiger partial charge on any atom is -0.494 e. The fraction of sp³-hybridized carbons (Fsp3) is 0.136. The quantitative estimate of drug-likeness (QED) is 0.493. The van der Waals surface area contributed by atoms with Crippen molar-refractivity contribution in [3.05, 3.63) is 83.0 Å². The summed E-state index contributed by atoms with van der Waals surface area (Å²) in [6.07, 6.45) is 5.26. The highest BCUT2D eigenvalue weighted by Crippen LogP contribution is 2.28. The molecule has 0 fully saturated rings. The molecule has 0 bridgehead atoms. The average Bonchev–Trinajstić information content (AvgIpc) is 3.44. The van der Waals surface area contributed by atoms with Gasteiger partial charge >= 0.3 is 7.40 Å². The van der Waals surface area contributed by atoms with Gasteiger partial charge < -0.3 is 9.30 Å². The van der Waals surface area contributed by atoms with Gasteiger partial charge in [0.2, 0.25) is 0 Å². The summed E-state index contributed by atoms with van der Waals surface area (Å²) in [5.41, 5.74) is 3.59. The number of nitrogens with zero attached hydrogens (tertiary/aromatic N) is 2. The van der Waals surface area contributed by atoms with E-state index in [2.05, 4.69) is 6.07 Å². The molecule has 0 radical (unpaired) electrons. The molecule has 0 saturated heterocycles. The molecule has 0 amide bonds. The third-order valence-electron chi connectivity index (χ3n) is 4.84. The predicted molar refractivity (Wildman–Crippen MR) is 116 cm³/mol. The molecule has 0 aliphatic carbocycles. The molecule has 0 N–H and O–H groups in total. The van der Waals surface area contributed by atoms with Crippen LogP contribution in [0.15, 0.2) is 71.8 Å². The van der Waals surface area contributed by atoms with Gasteiger partial charge in [0.05, 0.1) is 17.2 Å². The fourth-order valence-electron chi connectivity index (χ4n) is 3.42. The molecule has 29 heavy (non-hydrogen) atoms. The lowest BCUT2D eigenvalue weighted by Gasteiger charge is -2.05. The van der Waals surface area contributed by atoms with Crippen LogP contribution in [-0.4, -0.2) is 28.8 Å². The van der Waals surface area contributed by atoms with Crippen LogP contribution >= 0.6 is 11.3 Å². The van der Waals surface area contributed by atoms with Crippen LogP contribution in [0.25, 0.3) is 16.6 Å². The SMILES string of the molecule is CCOc1ccc(C2=[N+](B(F)F)/C(=C\c3ccc(-c4cccs4)n3C)C=C2)cc1. The minimum absolute atomic E-state index is 0.461. The van der Waals surface area contributed by atoms with E-state index in [1.165, 1.54) is 0 Å². The second-order valence-electron chi connectivity index (χ2n) is 6.57. The van der Waals surface area contributed by atoms with E-state index in [0.29, 0.717) is 18.0 Å². The number of hydrogen-bond donors (Lipinski definition) is 0. The average molecular weight is 409 g/mol. The van der Waals surface area contributed by atoms with Crippen LogP contribution in [0.2, 0.25) is 0 Å². The zero-order chi connectivity index (χ0) is 20.4. The molecule has 0 saturated carbocycles. The lowest BCUT2D eigenvalue weighted by atomic mass is 10.1. The number of allylic oxidation sites excluding steroid dienone is 2. The monoisotopic (exact) mass is 409 g/mol. The van der Waals surface area contributed by atoms with Crippen molar-refractivity contribution in [1.29, 1.82) is 0 Å². The molecular weight excluding hydrogens is 389 g/mol. The summed E-state index contributed by atoms with van der Waals surface area (Å²) in [7, 11) is -0.695. The highest BCUT2D eigenvalue weighted by Gasteiger charge is 2.42. The standard InChI is InChI=1S/C22H20BF2N2OS/c1-3-28-19-10-6-16(7-11-19)20-12-9-18(27(20)23(24)25)15-17-8-13-21(26(17)2)22-5-4-14-29-22/h4-15H,3H2,1-2H3/q+1. The lowest BCUT2D eigenvalue weighted by Crippen LogP contribution is -2.25. The zero-order valence-corrected chi connectivity index (χ0v) is 17.0. The fourth-order valence-corrected chi connectivity index (χ4v) is 4.21. The first-order chi connectivity index (χ1) is 14.1. The molecule has 1 aliphatic heterocycles. The van der Waals surface area contributed by atoms with Crippen LogP contribution < -0.4 is 4.74 Å². The molecule has 0 atom stereocenters. The van der Waals surface area contributed by atoms with Gasteiger partial charge in [-0.25, -0.2) is 13.1 Å². The molecule has 7 heteroatoms. The van der Waals surface area contributed by atoms with Gasteiger partial charge in [-0.15, -0.1) is 11.3 Å².